The molecule has 1 fully saturated rings. The number of hydrogen-bond acceptors (Lipinski definition) is 6. The van der Waals surface area contributed by atoms with E-state index in [-0.39, 0.29) is 23.5 Å². The predicted octanol–water partition coefficient (Wildman–Crippen LogP) is 0.449. The van der Waals surface area contributed by atoms with Crippen LogP contribution in [-0.4, -0.2) is 48.5 Å². The second-order valence-electron chi connectivity index (χ2n) is 4.51. The molecule has 0 aliphatic heterocycles. The lowest BCUT2D eigenvalue weighted by Gasteiger charge is -2.06. The number of imide groups is 2. The largest absolute Gasteiger partial charge is 0.338 e. The lowest BCUT2D eigenvalue weighted by molar-refractivity contribution is -0.121. The standard InChI is InChI=1S/C12H20N4O4S2/c1-2-13-11(19)15-9(17)7-22-21-6-5-14-12(20)16-10(18)8-3-4-8/h8H,2-7H2,1H3,(H2,13,15,17,19)(H2,14,16,18,20). The molecular formula is C12H20N4O4S2. The zero-order valence-electron chi connectivity index (χ0n) is 12.3. The van der Waals surface area contributed by atoms with Gasteiger partial charge in [0.15, 0.2) is 0 Å². The molecule has 0 aromatic rings. The third-order valence-electron chi connectivity index (χ3n) is 2.52. The Hall–Kier alpha value is -1.42. The molecule has 0 radical (unpaired) electrons. The van der Waals surface area contributed by atoms with Crippen molar-refractivity contribution >= 4 is 45.5 Å². The monoisotopic (exact) mass is 348 g/mol. The fourth-order valence-corrected chi connectivity index (χ4v) is 3.07. The molecular weight excluding hydrogens is 328 g/mol. The highest BCUT2D eigenvalue weighted by molar-refractivity contribution is 8.76. The molecule has 0 aromatic carbocycles. The van der Waals surface area contributed by atoms with Gasteiger partial charge in [-0.15, -0.1) is 0 Å². The molecule has 0 bridgehead atoms. The van der Waals surface area contributed by atoms with Gasteiger partial charge in [-0.2, -0.15) is 0 Å². The number of carbonyl (C=O) groups excluding carboxylic acids is 4. The topological polar surface area (TPSA) is 116 Å². The Kier molecular flexibility index (Phi) is 8.75. The van der Waals surface area contributed by atoms with Crippen LogP contribution in [0.25, 0.3) is 0 Å². The fourth-order valence-electron chi connectivity index (χ4n) is 1.33. The van der Waals surface area contributed by atoms with Crippen molar-refractivity contribution < 1.29 is 19.2 Å². The Labute approximate surface area is 136 Å². The molecule has 1 saturated carbocycles. The Bertz CT molecular complexity index is 429. The molecule has 6 amide bonds. The number of hydrogen-bond donors (Lipinski definition) is 4. The SMILES string of the molecule is CCNC(=O)NC(=O)CSSCCNC(=O)NC(=O)C1CC1. The maximum absolute atomic E-state index is 11.3. The summed E-state index contributed by atoms with van der Waals surface area (Å²) in [7, 11) is 2.69. The molecule has 1 aliphatic carbocycles. The summed E-state index contributed by atoms with van der Waals surface area (Å²) in [5.41, 5.74) is 0. The molecule has 1 rings (SSSR count). The molecule has 4 N–H and O–H groups in total. The molecule has 0 heterocycles. The highest BCUT2D eigenvalue weighted by atomic mass is 33.1. The van der Waals surface area contributed by atoms with Crippen molar-refractivity contribution in [3.8, 4) is 0 Å². The maximum atomic E-state index is 11.3. The third kappa shape index (κ3) is 8.78. The van der Waals surface area contributed by atoms with Crippen molar-refractivity contribution in [2.45, 2.75) is 19.8 Å². The van der Waals surface area contributed by atoms with Gasteiger partial charge in [0.2, 0.25) is 11.8 Å². The van der Waals surface area contributed by atoms with E-state index in [1.165, 1.54) is 21.6 Å². The van der Waals surface area contributed by atoms with Crippen LogP contribution in [-0.2, 0) is 9.59 Å². The van der Waals surface area contributed by atoms with E-state index in [0.29, 0.717) is 18.8 Å². The van der Waals surface area contributed by atoms with Gasteiger partial charge in [-0.05, 0) is 19.8 Å². The van der Waals surface area contributed by atoms with Crippen molar-refractivity contribution in [1.29, 1.82) is 0 Å². The van der Waals surface area contributed by atoms with Crippen LogP contribution >= 0.6 is 21.6 Å². The van der Waals surface area contributed by atoms with Crippen LogP contribution in [0.4, 0.5) is 9.59 Å². The van der Waals surface area contributed by atoms with Crippen LogP contribution in [0.3, 0.4) is 0 Å². The van der Waals surface area contributed by atoms with Gasteiger partial charge in [0.1, 0.15) is 0 Å². The van der Waals surface area contributed by atoms with E-state index in [2.05, 4.69) is 21.3 Å². The molecule has 1 aliphatic rings. The molecule has 0 atom stereocenters. The van der Waals surface area contributed by atoms with E-state index in [9.17, 15) is 19.2 Å². The van der Waals surface area contributed by atoms with Crippen LogP contribution < -0.4 is 21.3 Å². The number of rotatable bonds is 8. The smallest absolute Gasteiger partial charge is 0.321 e. The normalized spacial score (nSPS) is 13.1. The Morgan fingerprint density at radius 3 is 2.32 bits per heavy atom. The van der Waals surface area contributed by atoms with Gasteiger partial charge in [0.25, 0.3) is 0 Å². The molecule has 0 saturated heterocycles. The summed E-state index contributed by atoms with van der Waals surface area (Å²) in [5.74, 6) is 0.142. The van der Waals surface area contributed by atoms with Crippen molar-refractivity contribution in [1.82, 2.24) is 21.3 Å². The minimum Gasteiger partial charge on any atom is -0.338 e. The summed E-state index contributed by atoms with van der Waals surface area (Å²) in [6, 6.07) is -0.992. The first-order valence-electron chi connectivity index (χ1n) is 6.93. The molecule has 0 unspecified atom stereocenters. The highest BCUT2D eigenvalue weighted by Gasteiger charge is 2.30. The van der Waals surface area contributed by atoms with Gasteiger partial charge >= 0.3 is 12.1 Å². The predicted molar refractivity (Wildman–Crippen MR) is 86.4 cm³/mol. The number of urea groups is 2. The first-order chi connectivity index (χ1) is 10.5. The van der Waals surface area contributed by atoms with E-state index < -0.39 is 12.1 Å². The maximum Gasteiger partial charge on any atom is 0.321 e. The summed E-state index contributed by atoms with van der Waals surface area (Å²) >= 11 is 0. The molecule has 124 valence electrons. The lowest BCUT2D eigenvalue weighted by Crippen LogP contribution is -2.41. The lowest BCUT2D eigenvalue weighted by atomic mass is 10.4. The van der Waals surface area contributed by atoms with E-state index >= 15 is 0 Å². The first kappa shape index (κ1) is 18.6. The fraction of sp³-hybridized carbons (Fsp3) is 0.667. The highest BCUT2D eigenvalue weighted by Crippen LogP contribution is 2.28. The molecule has 8 nitrogen and oxygen atoms in total. The van der Waals surface area contributed by atoms with Gasteiger partial charge in [-0.1, -0.05) is 21.6 Å². The molecule has 0 aromatic heterocycles. The van der Waals surface area contributed by atoms with E-state index in [1.54, 1.807) is 6.92 Å². The van der Waals surface area contributed by atoms with Gasteiger partial charge < -0.3 is 10.6 Å². The quantitative estimate of drug-likeness (QED) is 0.374. The van der Waals surface area contributed by atoms with Gasteiger partial charge in [0, 0.05) is 24.8 Å². The van der Waals surface area contributed by atoms with E-state index in [1.807, 2.05) is 0 Å². The van der Waals surface area contributed by atoms with E-state index in [0.717, 1.165) is 12.8 Å². The average Bonchev–Trinajstić information content (AvgIpc) is 3.27. The van der Waals surface area contributed by atoms with Crippen molar-refractivity contribution in [2.24, 2.45) is 5.92 Å². The molecule has 10 heteroatoms. The summed E-state index contributed by atoms with van der Waals surface area (Å²) < 4.78 is 0. The first-order valence-corrected chi connectivity index (χ1v) is 9.42. The van der Waals surface area contributed by atoms with Crippen LogP contribution in [0, 0.1) is 5.92 Å². The number of carbonyl (C=O) groups is 4. The minimum atomic E-state index is -0.503. The van der Waals surface area contributed by atoms with Gasteiger partial charge in [0.05, 0.1) is 5.75 Å². The van der Waals surface area contributed by atoms with Crippen LogP contribution in [0.1, 0.15) is 19.8 Å². The summed E-state index contributed by atoms with van der Waals surface area (Å²) in [6.45, 7) is 2.60. The Balaban J connectivity index is 1.94. The number of nitrogens with one attached hydrogen (secondary N) is 4. The summed E-state index contributed by atoms with van der Waals surface area (Å²) in [4.78, 5) is 45.0. The van der Waals surface area contributed by atoms with Gasteiger partial charge in [-0.3, -0.25) is 20.2 Å². The van der Waals surface area contributed by atoms with Crippen molar-refractivity contribution in [2.75, 3.05) is 24.6 Å². The second kappa shape index (κ2) is 10.3. The summed E-state index contributed by atoms with van der Waals surface area (Å²) in [5, 5.41) is 9.48. The molecule has 22 heavy (non-hydrogen) atoms. The third-order valence-corrected chi connectivity index (χ3v) is 4.79. The van der Waals surface area contributed by atoms with Crippen LogP contribution in [0.2, 0.25) is 0 Å². The van der Waals surface area contributed by atoms with Crippen molar-refractivity contribution in [3.63, 3.8) is 0 Å². The van der Waals surface area contributed by atoms with Crippen LogP contribution in [0.15, 0.2) is 0 Å². The summed E-state index contributed by atoms with van der Waals surface area (Å²) in [6.07, 6.45) is 1.70. The average molecular weight is 348 g/mol. The van der Waals surface area contributed by atoms with Gasteiger partial charge in [-0.25, -0.2) is 9.59 Å². The molecule has 0 spiro atoms. The Morgan fingerprint density at radius 1 is 1.00 bits per heavy atom. The minimum absolute atomic E-state index is 0.000832. The zero-order chi connectivity index (χ0) is 16.4. The van der Waals surface area contributed by atoms with Crippen LogP contribution in [0.5, 0.6) is 0 Å². The van der Waals surface area contributed by atoms with Crippen molar-refractivity contribution in [3.05, 3.63) is 0 Å². The number of amides is 6. The zero-order valence-corrected chi connectivity index (χ0v) is 13.9. The second-order valence-corrected chi connectivity index (χ2v) is 7.09. The van der Waals surface area contributed by atoms with E-state index in [4.69, 9.17) is 0 Å². The Morgan fingerprint density at radius 2 is 1.68 bits per heavy atom.